The van der Waals surface area contributed by atoms with E-state index in [1.54, 1.807) is 17.2 Å². The molecule has 1 fully saturated rings. The summed E-state index contributed by atoms with van der Waals surface area (Å²) in [4.78, 5) is 38.6. The molecule has 2 atom stereocenters. The van der Waals surface area contributed by atoms with E-state index in [2.05, 4.69) is 10.6 Å². The molecule has 33 heavy (non-hydrogen) atoms. The van der Waals surface area contributed by atoms with Crippen LogP contribution in [0.15, 0.2) is 28.9 Å². The minimum atomic E-state index is -0.527. The summed E-state index contributed by atoms with van der Waals surface area (Å²) in [6.07, 6.45) is 2.21. The topological polar surface area (TPSA) is 91.7 Å². The second-order valence-corrected chi connectivity index (χ2v) is 9.13. The first-order chi connectivity index (χ1) is 15.6. The van der Waals surface area contributed by atoms with Crippen LogP contribution in [0.5, 0.6) is 0 Å². The zero-order chi connectivity index (χ0) is 24.3. The number of aryl methyl sites for hydroxylation is 1. The number of benzene rings is 1. The largest absolute Gasteiger partial charge is 0.468 e. The molecule has 1 aliphatic heterocycles. The third kappa shape index (κ3) is 5.61. The van der Waals surface area contributed by atoms with Gasteiger partial charge in [0.25, 0.3) is 11.8 Å². The molecule has 178 valence electrons. The van der Waals surface area contributed by atoms with Crippen molar-refractivity contribution in [1.29, 1.82) is 0 Å². The first kappa shape index (κ1) is 24.5. The quantitative estimate of drug-likeness (QED) is 0.691. The Labute approximate surface area is 193 Å². The Bertz CT molecular complexity index is 1050. The minimum absolute atomic E-state index is 0.0326. The summed E-state index contributed by atoms with van der Waals surface area (Å²) in [6, 6.07) is 4.24. The average molecular weight is 458 g/mol. The standard InChI is InChI=1S/C25H32FN3O4/c1-14(2)23-22(16(4)13-33-23)24(31)28-21-8-9-29(12-15(21)3)25(32)18-6-7-19(20(26)10-18)11-27-17(5)30/h6-7,10,13-15,21H,8-9,11-12H2,1-5H3,(H,27,30)(H,28,31). The molecule has 2 unspecified atom stereocenters. The van der Waals surface area contributed by atoms with Gasteiger partial charge in [0.15, 0.2) is 0 Å². The van der Waals surface area contributed by atoms with Gasteiger partial charge < -0.3 is 20.0 Å². The lowest BCUT2D eigenvalue weighted by atomic mass is 9.92. The van der Waals surface area contributed by atoms with Gasteiger partial charge in [0.05, 0.1) is 11.8 Å². The number of likely N-dealkylation sites (tertiary alicyclic amines) is 1. The maximum Gasteiger partial charge on any atom is 0.255 e. The Kier molecular flexibility index (Phi) is 7.56. The number of nitrogens with zero attached hydrogens (tertiary/aromatic N) is 1. The number of rotatable bonds is 6. The molecule has 1 aliphatic rings. The Balaban J connectivity index is 1.63. The van der Waals surface area contributed by atoms with Gasteiger partial charge in [0.2, 0.25) is 5.91 Å². The second kappa shape index (κ2) is 10.2. The predicted molar refractivity (Wildman–Crippen MR) is 122 cm³/mol. The van der Waals surface area contributed by atoms with Gasteiger partial charge in [0, 0.05) is 55.2 Å². The molecule has 7 nitrogen and oxygen atoms in total. The molecule has 1 aromatic heterocycles. The maximum absolute atomic E-state index is 14.4. The molecule has 0 radical (unpaired) electrons. The zero-order valence-electron chi connectivity index (χ0n) is 19.8. The molecule has 8 heteroatoms. The van der Waals surface area contributed by atoms with Gasteiger partial charge in [0.1, 0.15) is 11.6 Å². The first-order valence-corrected chi connectivity index (χ1v) is 11.3. The number of furan rings is 1. The molecule has 3 rings (SSSR count). The van der Waals surface area contributed by atoms with Gasteiger partial charge >= 0.3 is 0 Å². The van der Waals surface area contributed by atoms with Crippen LogP contribution in [0.3, 0.4) is 0 Å². The predicted octanol–water partition coefficient (Wildman–Crippen LogP) is 3.77. The molecular formula is C25H32FN3O4. The molecule has 0 saturated carbocycles. The van der Waals surface area contributed by atoms with Crippen molar-refractivity contribution >= 4 is 17.7 Å². The monoisotopic (exact) mass is 457 g/mol. The van der Waals surface area contributed by atoms with Crippen LogP contribution in [-0.4, -0.2) is 41.8 Å². The summed E-state index contributed by atoms with van der Waals surface area (Å²) in [7, 11) is 0. The van der Waals surface area contributed by atoms with E-state index in [9.17, 15) is 18.8 Å². The Hall–Kier alpha value is -3.16. The van der Waals surface area contributed by atoms with E-state index in [0.717, 1.165) is 5.56 Å². The van der Waals surface area contributed by atoms with Crippen LogP contribution in [0.1, 0.15) is 77.6 Å². The van der Waals surface area contributed by atoms with Crippen LogP contribution < -0.4 is 10.6 Å². The molecule has 0 bridgehead atoms. The van der Waals surface area contributed by atoms with Crippen LogP contribution in [0, 0.1) is 18.7 Å². The highest BCUT2D eigenvalue weighted by molar-refractivity contribution is 5.97. The van der Waals surface area contributed by atoms with Crippen molar-refractivity contribution in [1.82, 2.24) is 15.5 Å². The fraction of sp³-hybridized carbons (Fsp3) is 0.480. The molecule has 3 amide bonds. The highest BCUT2D eigenvalue weighted by atomic mass is 19.1. The van der Waals surface area contributed by atoms with E-state index in [1.165, 1.54) is 19.1 Å². The van der Waals surface area contributed by atoms with E-state index < -0.39 is 5.82 Å². The van der Waals surface area contributed by atoms with Crippen LogP contribution in [0.4, 0.5) is 4.39 Å². The van der Waals surface area contributed by atoms with E-state index in [-0.39, 0.29) is 47.7 Å². The number of piperidine rings is 1. The average Bonchev–Trinajstić information content (AvgIpc) is 3.15. The van der Waals surface area contributed by atoms with Gasteiger partial charge in [-0.3, -0.25) is 14.4 Å². The van der Waals surface area contributed by atoms with Crippen molar-refractivity contribution in [2.45, 2.75) is 59.5 Å². The van der Waals surface area contributed by atoms with E-state index in [1.807, 2.05) is 27.7 Å². The molecule has 2 heterocycles. The van der Waals surface area contributed by atoms with Gasteiger partial charge in [-0.05, 0) is 31.4 Å². The zero-order valence-corrected chi connectivity index (χ0v) is 19.8. The summed E-state index contributed by atoms with van der Waals surface area (Å²) in [5.41, 5.74) is 1.99. The molecule has 2 N–H and O–H groups in total. The van der Waals surface area contributed by atoms with Crippen molar-refractivity contribution in [3.63, 3.8) is 0 Å². The lowest BCUT2D eigenvalue weighted by Crippen LogP contribution is -2.51. The fourth-order valence-electron chi connectivity index (χ4n) is 4.19. The summed E-state index contributed by atoms with van der Waals surface area (Å²) in [5, 5.41) is 5.66. The number of carbonyl (C=O) groups excluding carboxylic acids is 3. The van der Waals surface area contributed by atoms with Crippen molar-refractivity contribution in [2.24, 2.45) is 5.92 Å². The molecule has 2 aromatic rings. The minimum Gasteiger partial charge on any atom is -0.468 e. The van der Waals surface area contributed by atoms with Crippen LogP contribution in [0.2, 0.25) is 0 Å². The molecular weight excluding hydrogens is 425 g/mol. The summed E-state index contributed by atoms with van der Waals surface area (Å²) in [6.45, 7) is 10.2. The van der Waals surface area contributed by atoms with Crippen molar-refractivity contribution in [3.8, 4) is 0 Å². The smallest absolute Gasteiger partial charge is 0.255 e. The highest BCUT2D eigenvalue weighted by Crippen LogP contribution is 2.26. The number of amides is 3. The van der Waals surface area contributed by atoms with E-state index in [0.29, 0.717) is 36.4 Å². The van der Waals surface area contributed by atoms with Crippen LogP contribution in [-0.2, 0) is 11.3 Å². The van der Waals surface area contributed by atoms with Crippen LogP contribution >= 0.6 is 0 Å². The van der Waals surface area contributed by atoms with Gasteiger partial charge in [-0.2, -0.15) is 0 Å². The Morgan fingerprint density at radius 3 is 2.61 bits per heavy atom. The summed E-state index contributed by atoms with van der Waals surface area (Å²) in [5.74, 6) is -0.369. The van der Waals surface area contributed by atoms with E-state index in [4.69, 9.17) is 4.42 Å². The van der Waals surface area contributed by atoms with Crippen molar-refractivity contribution in [3.05, 3.63) is 58.3 Å². The Morgan fingerprint density at radius 2 is 2.00 bits per heavy atom. The van der Waals surface area contributed by atoms with Crippen LogP contribution in [0.25, 0.3) is 0 Å². The lowest BCUT2D eigenvalue weighted by Gasteiger charge is -2.37. The summed E-state index contributed by atoms with van der Waals surface area (Å²) >= 11 is 0. The number of halogens is 1. The van der Waals surface area contributed by atoms with E-state index >= 15 is 0 Å². The third-order valence-electron chi connectivity index (χ3n) is 6.09. The molecule has 1 saturated heterocycles. The number of carbonyl (C=O) groups is 3. The second-order valence-electron chi connectivity index (χ2n) is 9.13. The number of hydrogen-bond acceptors (Lipinski definition) is 4. The van der Waals surface area contributed by atoms with Crippen molar-refractivity contribution < 1.29 is 23.2 Å². The number of nitrogens with one attached hydrogen (secondary N) is 2. The lowest BCUT2D eigenvalue weighted by molar-refractivity contribution is -0.119. The van der Waals surface area contributed by atoms with Crippen molar-refractivity contribution in [2.75, 3.05) is 13.1 Å². The highest BCUT2D eigenvalue weighted by Gasteiger charge is 2.32. The van der Waals surface area contributed by atoms with Gasteiger partial charge in [-0.1, -0.05) is 26.8 Å². The molecule has 0 spiro atoms. The summed E-state index contributed by atoms with van der Waals surface area (Å²) < 4.78 is 20.0. The third-order valence-corrected chi connectivity index (χ3v) is 6.09. The first-order valence-electron chi connectivity index (χ1n) is 11.3. The van der Waals surface area contributed by atoms with Gasteiger partial charge in [-0.15, -0.1) is 0 Å². The molecule has 1 aromatic carbocycles. The fourth-order valence-corrected chi connectivity index (χ4v) is 4.19. The Morgan fingerprint density at radius 1 is 1.27 bits per heavy atom. The maximum atomic E-state index is 14.4. The normalized spacial score (nSPS) is 18.3. The SMILES string of the molecule is CC(=O)NCc1ccc(C(=O)N2CCC(NC(=O)c3c(C)coc3C(C)C)C(C)C2)cc1F. The van der Waals surface area contributed by atoms with Gasteiger partial charge in [-0.25, -0.2) is 4.39 Å². The number of hydrogen-bond donors (Lipinski definition) is 2. The molecule has 0 aliphatic carbocycles.